The Morgan fingerprint density at radius 3 is 1.29 bits per heavy atom. The standard InChI is InChI=1S/2C14H22N2O2S/c2*1-7(2)14(3)12(18)16-13(19-14)15-10-5-9-4-8(10)6-11(9)17/h2*7-11,17H,4-6H2,1-3H3,(H,15,16,18)/t8-,9-,10+,11?,14+;8-,9-,10-,11?,14+/m11/s1. The highest BCUT2D eigenvalue weighted by atomic mass is 32.2. The van der Waals surface area contributed by atoms with Crippen molar-refractivity contribution >= 4 is 45.7 Å². The Morgan fingerprint density at radius 2 is 1.05 bits per heavy atom. The van der Waals surface area contributed by atoms with Crippen LogP contribution in [0, 0.1) is 35.5 Å². The van der Waals surface area contributed by atoms with Gasteiger partial charge in [-0.15, -0.1) is 0 Å². The quantitative estimate of drug-likeness (QED) is 0.414. The Kier molecular flexibility index (Phi) is 7.77. The number of aliphatic hydroxyl groups is 2. The van der Waals surface area contributed by atoms with Gasteiger partial charge in [-0.25, -0.2) is 0 Å². The first kappa shape index (κ1) is 28.4. The summed E-state index contributed by atoms with van der Waals surface area (Å²) in [5, 5.41) is 27.0. The highest BCUT2D eigenvalue weighted by Crippen LogP contribution is 2.48. The van der Waals surface area contributed by atoms with Gasteiger partial charge >= 0.3 is 0 Å². The fraction of sp³-hybridized carbons (Fsp3) is 0.857. The van der Waals surface area contributed by atoms with Crippen LogP contribution in [-0.2, 0) is 9.59 Å². The number of nitrogens with one attached hydrogen (secondary N) is 2. The summed E-state index contributed by atoms with van der Waals surface area (Å²) in [5.41, 5.74) is 0. The number of aliphatic imine (C=N–C) groups is 2. The number of carbonyl (C=O) groups excluding carboxylic acids is 2. The molecule has 4 N–H and O–H groups in total. The van der Waals surface area contributed by atoms with E-state index in [1.165, 1.54) is 0 Å². The Bertz CT molecular complexity index is 950. The molecule has 2 unspecified atom stereocenters. The summed E-state index contributed by atoms with van der Waals surface area (Å²) in [5.74, 6) is 2.60. The molecule has 0 aromatic rings. The lowest BCUT2D eigenvalue weighted by Gasteiger charge is -2.23. The number of nitrogens with zero attached hydrogens (tertiary/aromatic N) is 2. The summed E-state index contributed by atoms with van der Waals surface area (Å²) in [7, 11) is 0. The summed E-state index contributed by atoms with van der Waals surface area (Å²) < 4.78 is -0.786. The van der Waals surface area contributed by atoms with Crippen LogP contribution in [0.25, 0.3) is 0 Å². The average molecular weight is 565 g/mol. The Hall–Kier alpha value is -1.10. The van der Waals surface area contributed by atoms with E-state index in [2.05, 4.69) is 38.3 Å². The van der Waals surface area contributed by atoms with Crippen LogP contribution in [0.4, 0.5) is 0 Å². The minimum Gasteiger partial charge on any atom is -0.393 e. The predicted molar refractivity (Wildman–Crippen MR) is 154 cm³/mol. The van der Waals surface area contributed by atoms with E-state index in [1.54, 1.807) is 23.5 Å². The van der Waals surface area contributed by atoms with Crippen LogP contribution < -0.4 is 10.6 Å². The SMILES string of the molecule is CC(C)[C@]1(C)SC(=N[C@@H]2C[C@H]3C[C@@H]2CC3O)NC1=O.CC(C)[C@]1(C)SC(=N[C@H]2C[C@H]3C[C@@H]2CC3O)NC1=O. The summed E-state index contributed by atoms with van der Waals surface area (Å²) in [6, 6.07) is 0.594. The molecule has 6 aliphatic rings. The minimum atomic E-state index is -0.393. The van der Waals surface area contributed by atoms with Crippen molar-refractivity contribution in [3.63, 3.8) is 0 Å². The maximum absolute atomic E-state index is 12.1. The molecule has 0 radical (unpaired) electrons. The number of aliphatic hydroxyl groups excluding tert-OH is 2. The van der Waals surface area contributed by atoms with Crippen molar-refractivity contribution in [3.8, 4) is 0 Å². The third kappa shape index (κ3) is 5.07. The van der Waals surface area contributed by atoms with Crippen LogP contribution in [0.15, 0.2) is 9.98 Å². The molecule has 2 saturated heterocycles. The predicted octanol–water partition coefficient (Wildman–Crippen LogP) is 3.56. The van der Waals surface area contributed by atoms with Crippen molar-refractivity contribution in [2.75, 3.05) is 0 Å². The lowest BCUT2D eigenvalue weighted by molar-refractivity contribution is -0.122. The van der Waals surface area contributed by atoms with E-state index in [0.29, 0.717) is 35.8 Å². The molecule has 8 nitrogen and oxygen atoms in total. The van der Waals surface area contributed by atoms with Gasteiger partial charge in [0.1, 0.15) is 9.49 Å². The number of thioether (sulfide) groups is 2. The molecule has 10 atom stereocenters. The molecule has 38 heavy (non-hydrogen) atoms. The molecule has 2 heterocycles. The summed E-state index contributed by atoms with van der Waals surface area (Å²) in [6.45, 7) is 12.3. The summed E-state index contributed by atoms with van der Waals surface area (Å²) >= 11 is 3.14. The molecule has 2 aliphatic heterocycles. The van der Waals surface area contributed by atoms with Crippen molar-refractivity contribution in [1.82, 2.24) is 10.6 Å². The van der Waals surface area contributed by atoms with Gasteiger partial charge in [-0.1, -0.05) is 51.2 Å². The maximum Gasteiger partial charge on any atom is 0.242 e. The van der Waals surface area contributed by atoms with E-state index in [-0.39, 0.29) is 35.9 Å². The number of rotatable bonds is 4. The van der Waals surface area contributed by atoms with Crippen molar-refractivity contribution in [2.45, 2.75) is 114 Å². The van der Waals surface area contributed by atoms with Gasteiger partial charge in [0.25, 0.3) is 0 Å². The molecular weight excluding hydrogens is 520 g/mol. The number of fused-ring (bicyclic) bond motifs is 4. The molecule has 0 aromatic heterocycles. The van der Waals surface area contributed by atoms with Gasteiger partial charge in [0, 0.05) is 0 Å². The van der Waals surface area contributed by atoms with Gasteiger partial charge in [-0.3, -0.25) is 19.6 Å². The smallest absolute Gasteiger partial charge is 0.242 e. The monoisotopic (exact) mass is 564 g/mol. The van der Waals surface area contributed by atoms with Gasteiger partial charge in [-0.2, -0.15) is 0 Å². The van der Waals surface area contributed by atoms with E-state index in [4.69, 9.17) is 9.98 Å². The second kappa shape index (κ2) is 10.4. The average Bonchev–Trinajstić information content (AvgIpc) is 3.65. The van der Waals surface area contributed by atoms with Gasteiger partial charge in [0.2, 0.25) is 11.8 Å². The van der Waals surface area contributed by atoms with Gasteiger partial charge < -0.3 is 20.8 Å². The van der Waals surface area contributed by atoms with E-state index < -0.39 is 9.49 Å². The molecule has 4 aliphatic carbocycles. The van der Waals surface area contributed by atoms with Crippen LogP contribution in [0.3, 0.4) is 0 Å². The van der Waals surface area contributed by atoms with E-state index in [1.807, 2.05) is 13.8 Å². The first-order valence-electron chi connectivity index (χ1n) is 14.3. The van der Waals surface area contributed by atoms with Gasteiger partial charge in [-0.05, 0) is 87.9 Å². The third-order valence-corrected chi connectivity index (χ3v) is 13.3. The second-order valence-corrected chi connectivity index (χ2v) is 16.1. The molecule has 6 rings (SSSR count). The van der Waals surface area contributed by atoms with Gasteiger partial charge in [0.15, 0.2) is 10.3 Å². The Balaban J connectivity index is 0.000000155. The van der Waals surface area contributed by atoms with Crippen molar-refractivity contribution in [1.29, 1.82) is 0 Å². The van der Waals surface area contributed by atoms with Gasteiger partial charge in [0.05, 0.1) is 24.3 Å². The largest absolute Gasteiger partial charge is 0.393 e. The molecule has 2 amide bonds. The zero-order valence-corrected chi connectivity index (χ0v) is 25.1. The molecule has 0 aromatic carbocycles. The summed E-state index contributed by atoms with van der Waals surface area (Å²) in [4.78, 5) is 33.7. The topological polar surface area (TPSA) is 123 Å². The lowest BCUT2D eigenvalue weighted by atomic mass is 9.94. The second-order valence-electron chi connectivity index (χ2n) is 13.2. The zero-order chi connectivity index (χ0) is 27.6. The number of carbonyl (C=O) groups is 2. The zero-order valence-electron chi connectivity index (χ0n) is 23.4. The van der Waals surface area contributed by atoms with E-state index in [0.717, 1.165) is 48.9 Å². The number of amidine groups is 2. The normalized spacial score (nSPS) is 47.4. The molecule has 6 fully saturated rings. The van der Waals surface area contributed by atoms with Crippen LogP contribution >= 0.6 is 23.5 Å². The van der Waals surface area contributed by atoms with E-state index >= 15 is 0 Å². The van der Waals surface area contributed by atoms with Crippen LogP contribution in [0.5, 0.6) is 0 Å². The molecule has 0 spiro atoms. The molecule has 4 bridgehead atoms. The Labute approximate surface area is 235 Å². The minimum absolute atomic E-state index is 0.0782. The van der Waals surface area contributed by atoms with Crippen LogP contribution in [-0.4, -0.2) is 66.1 Å². The Morgan fingerprint density at radius 1 is 0.684 bits per heavy atom. The lowest BCUT2D eigenvalue weighted by Crippen LogP contribution is -2.38. The molecule has 212 valence electrons. The highest BCUT2D eigenvalue weighted by molar-refractivity contribution is 8.16. The molecule has 4 saturated carbocycles. The van der Waals surface area contributed by atoms with Crippen molar-refractivity contribution in [3.05, 3.63) is 0 Å². The number of hydrogen-bond acceptors (Lipinski definition) is 8. The fourth-order valence-electron chi connectivity index (χ4n) is 6.91. The van der Waals surface area contributed by atoms with Crippen LogP contribution in [0.2, 0.25) is 0 Å². The summed E-state index contributed by atoms with van der Waals surface area (Å²) in [6.07, 6.45) is 5.68. The van der Waals surface area contributed by atoms with Crippen molar-refractivity contribution < 1.29 is 19.8 Å². The first-order valence-corrected chi connectivity index (χ1v) is 16.0. The number of amides is 2. The van der Waals surface area contributed by atoms with Crippen LogP contribution in [0.1, 0.15) is 80.1 Å². The maximum atomic E-state index is 12.1. The van der Waals surface area contributed by atoms with Crippen molar-refractivity contribution in [2.24, 2.45) is 45.5 Å². The fourth-order valence-corrected chi connectivity index (χ4v) is 9.14. The number of hydrogen-bond donors (Lipinski definition) is 4. The highest BCUT2D eigenvalue weighted by Gasteiger charge is 2.49. The molecular formula is C28H44N4O4S2. The third-order valence-electron chi connectivity index (χ3n) is 10.3. The first-order chi connectivity index (χ1) is 17.8. The van der Waals surface area contributed by atoms with E-state index in [9.17, 15) is 19.8 Å². The molecule has 10 heteroatoms.